The van der Waals surface area contributed by atoms with E-state index in [0.29, 0.717) is 11.0 Å². The Bertz CT molecular complexity index is 508. The minimum absolute atomic E-state index is 0.0583. The molecule has 0 amide bonds. The number of hydrogen-bond donors (Lipinski definition) is 2. The third-order valence-electron chi connectivity index (χ3n) is 1.66. The maximum Gasteiger partial charge on any atom is 0.313 e. The summed E-state index contributed by atoms with van der Waals surface area (Å²) in [5.41, 5.74) is 0.774. The average molecular weight is 257 g/mol. The van der Waals surface area contributed by atoms with Gasteiger partial charge in [-0.3, -0.25) is 9.89 Å². The first-order chi connectivity index (χ1) is 7.66. The van der Waals surface area contributed by atoms with Gasteiger partial charge in [-0.2, -0.15) is 0 Å². The molecular weight excluding hydrogens is 250 g/mol. The van der Waals surface area contributed by atoms with E-state index in [1.807, 2.05) is 6.92 Å². The Balaban J connectivity index is 2.14. The van der Waals surface area contributed by atoms with Crippen LogP contribution in [-0.4, -0.2) is 41.6 Å². The van der Waals surface area contributed by atoms with Gasteiger partial charge in [-0.05, 0) is 18.5 Å². The molecule has 0 bridgehead atoms. The van der Waals surface area contributed by atoms with Crippen molar-refractivity contribution in [2.75, 3.05) is 5.75 Å². The smallest absolute Gasteiger partial charge is 0.313 e. The van der Waals surface area contributed by atoms with Crippen molar-refractivity contribution in [2.24, 2.45) is 0 Å². The van der Waals surface area contributed by atoms with Gasteiger partial charge < -0.3 is 5.11 Å². The van der Waals surface area contributed by atoms with Gasteiger partial charge in [0.1, 0.15) is 4.88 Å². The summed E-state index contributed by atoms with van der Waals surface area (Å²) in [6.07, 6.45) is 0. The monoisotopic (exact) mass is 257 g/mol. The Morgan fingerprint density at radius 2 is 2.44 bits per heavy atom. The topological polar surface area (TPSA) is 105 Å². The fourth-order valence-corrected chi connectivity index (χ4v) is 2.10. The summed E-state index contributed by atoms with van der Waals surface area (Å²) in [6.45, 7) is 1.82. The Kier molecular flexibility index (Phi) is 3.15. The molecule has 0 saturated heterocycles. The predicted molar refractivity (Wildman–Crippen MR) is 58.4 cm³/mol. The normalized spacial score (nSPS) is 10.6. The summed E-state index contributed by atoms with van der Waals surface area (Å²) in [6, 6.07) is 0. The maximum absolute atomic E-state index is 10.4. The van der Waals surface area contributed by atoms with Crippen molar-refractivity contribution in [1.82, 2.24) is 24.8 Å². The number of aliphatic carboxylic acids is 1. The SMILES string of the molecule is Cc1nnsc1-c1nc(SCC(=O)O)n[nH]1. The van der Waals surface area contributed by atoms with Crippen LogP contribution >= 0.6 is 23.3 Å². The van der Waals surface area contributed by atoms with E-state index in [2.05, 4.69) is 24.8 Å². The molecule has 0 saturated carbocycles. The highest BCUT2D eigenvalue weighted by atomic mass is 32.2. The molecule has 0 fully saturated rings. The van der Waals surface area contributed by atoms with Crippen molar-refractivity contribution in [3.8, 4) is 10.7 Å². The Hall–Kier alpha value is -1.48. The van der Waals surface area contributed by atoms with Crippen LogP contribution in [-0.2, 0) is 4.79 Å². The lowest BCUT2D eigenvalue weighted by Gasteiger charge is -1.89. The average Bonchev–Trinajstić information content (AvgIpc) is 2.83. The number of hydrogen-bond acceptors (Lipinski definition) is 7. The molecule has 2 rings (SSSR count). The quantitative estimate of drug-likeness (QED) is 0.781. The van der Waals surface area contributed by atoms with Crippen LogP contribution in [0.5, 0.6) is 0 Å². The number of aromatic amines is 1. The van der Waals surface area contributed by atoms with Gasteiger partial charge in [-0.1, -0.05) is 16.3 Å². The van der Waals surface area contributed by atoms with Crippen molar-refractivity contribution in [3.05, 3.63) is 5.69 Å². The van der Waals surface area contributed by atoms with Gasteiger partial charge >= 0.3 is 5.97 Å². The van der Waals surface area contributed by atoms with Crippen molar-refractivity contribution < 1.29 is 9.90 Å². The number of aromatic nitrogens is 5. The fourth-order valence-electron chi connectivity index (χ4n) is 0.987. The highest BCUT2D eigenvalue weighted by Gasteiger charge is 2.12. The lowest BCUT2D eigenvalue weighted by atomic mass is 10.4. The zero-order valence-corrected chi connectivity index (χ0v) is 9.80. The van der Waals surface area contributed by atoms with Crippen molar-refractivity contribution in [3.63, 3.8) is 0 Å². The molecule has 9 heteroatoms. The molecule has 2 aromatic rings. The number of carboxylic acids is 1. The predicted octanol–water partition coefficient (Wildman–Crippen LogP) is 0.808. The summed E-state index contributed by atoms with van der Waals surface area (Å²) < 4.78 is 3.78. The van der Waals surface area contributed by atoms with Crippen LogP contribution in [0.1, 0.15) is 5.69 Å². The number of carbonyl (C=O) groups is 1. The highest BCUT2D eigenvalue weighted by molar-refractivity contribution is 7.99. The number of thioether (sulfide) groups is 1. The third kappa shape index (κ3) is 2.36. The molecule has 0 spiro atoms. The van der Waals surface area contributed by atoms with Gasteiger partial charge in [0.2, 0.25) is 5.16 Å². The Labute approximate surface area is 98.5 Å². The second-order valence-electron chi connectivity index (χ2n) is 2.84. The van der Waals surface area contributed by atoms with Gasteiger partial charge in [0.15, 0.2) is 5.82 Å². The maximum atomic E-state index is 10.4. The van der Waals surface area contributed by atoms with E-state index >= 15 is 0 Å². The first-order valence-corrected chi connectivity index (χ1v) is 5.99. The first kappa shape index (κ1) is 11.0. The van der Waals surface area contributed by atoms with Crippen molar-refractivity contribution in [2.45, 2.75) is 12.1 Å². The van der Waals surface area contributed by atoms with Crippen molar-refractivity contribution in [1.29, 1.82) is 0 Å². The van der Waals surface area contributed by atoms with Crippen LogP contribution in [0.25, 0.3) is 10.7 Å². The third-order valence-corrected chi connectivity index (χ3v) is 3.32. The van der Waals surface area contributed by atoms with Crippen LogP contribution in [0, 0.1) is 6.92 Å². The molecule has 0 unspecified atom stereocenters. The molecule has 0 aromatic carbocycles. The minimum atomic E-state index is -0.896. The van der Waals surface area contributed by atoms with Crippen LogP contribution < -0.4 is 0 Å². The van der Waals surface area contributed by atoms with Gasteiger partial charge in [0, 0.05) is 0 Å². The highest BCUT2D eigenvalue weighted by Crippen LogP contribution is 2.23. The first-order valence-electron chi connectivity index (χ1n) is 4.23. The molecule has 2 aromatic heterocycles. The summed E-state index contributed by atoms with van der Waals surface area (Å²) in [7, 11) is 0. The van der Waals surface area contributed by atoms with Crippen LogP contribution in [0.15, 0.2) is 5.16 Å². The Morgan fingerprint density at radius 1 is 1.62 bits per heavy atom. The second kappa shape index (κ2) is 4.58. The Morgan fingerprint density at radius 3 is 3.06 bits per heavy atom. The lowest BCUT2D eigenvalue weighted by Crippen LogP contribution is -1.97. The van der Waals surface area contributed by atoms with E-state index < -0.39 is 5.97 Å². The number of H-pyrrole nitrogens is 1. The molecule has 16 heavy (non-hydrogen) atoms. The summed E-state index contributed by atoms with van der Waals surface area (Å²) in [4.78, 5) is 15.3. The van der Waals surface area contributed by atoms with Crippen LogP contribution in [0.2, 0.25) is 0 Å². The minimum Gasteiger partial charge on any atom is -0.481 e. The second-order valence-corrected chi connectivity index (χ2v) is 4.53. The van der Waals surface area contributed by atoms with E-state index in [4.69, 9.17) is 5.11 Å². The summed E-state index contributed by atoms with van der Waals surface area (Å²) >= 11 is 2.28. The van der Waals surface area contributed by atoms with E-state index in [1.54, 1.807) is 0 Å². The largest absolute Gasteiger partial charge is 0.481 e. The van der Waals surface area contributed by atoms with Crippen LogP contribution in [0.3, 0.4) is 0 Å². The molecule has 2 heterocycles. The zero-order chi connectivity index (χ0) is 11.5. The zero-order valence-electron chi connectivity index (χ0n) is 8.17. The van der Waals surface area contributed by atoms with Crippen molar-refractivity contribution >= 4 is 29.3 Å². The molecule has 0 radical (unpaired) electrons. The van der Waals surface area contributed by atoms with Gasteiger partial charge in [0.25, 0.3) is 0 Å². The van der Waals surface area contributed by atoms with Gasteiger partial charge in [-0.15, -0.1) is 10.2 Å². The number of nitrogens with zero attached hydrogens (tertiary/aromatic N) is 4. The summed E-state index contributed by atoms with van der Waals surface area (Å²) in [5, 5.41) is 19.4. The molecule has 0 aliphatic heterocycles. The van der Waals surface area contributed by atoms with E-state index in [9.17, 15) is 4.79 Å². The summed E-state index contributed by atoms with van der Waals surface area (Å²) in [5.74, 6) is -0.385. The molecule has 0 atom stereocenters. The van der Waals surface area contributed by atoms with E-state index in [-0.39, 0.29) is 5.75 Å². The lowest BCUT2D eigenvalue weighted by molar-refractivity contribution is -0.133. The van der Waals surface area contributed by atoms with E-state index in [1.165, 1.54) is 11.5 Å². The van der Waals surface area contributed by atoms with Gasteiger partial charge in [-0.25, -0.2) is 4.98 Å². The molecule has 0 aliphatic rings. The van der Waals surface area contributed by atoms with E-state index in [0.717, 1.165) is 22.3 Å². The number of nitrogens with one attached hydrogen (secondary N) is 1. The molecule has 0 aliphatic carbocycles. The number of carboxylic acid groups (broad SMARTS) is 1. The molecular formula is C7H7N5O2S2. The molecule has 84 valence electrons. The number of rotatable bonds is 4. The fraction of sp³-hybridized carbons (Fsp3) is 0.286. The van der Waals surface area contributed by atoms with Gasteiger partial charge in [0.05, 0.1) is 11.4 Å². The van der Waals surface area contributed by atoms with Crippen LogP contribution in [0.4, 0.5) is 0 Å². The standard InChI is InChI=1S/C7H7N5O2S2/c1-3-5(16-12-9-3)6-8-7(11-10-6)15-2-4(13)14/h2H2,1H3,(H,13,14)(H,8,10,11). The molecule has 2 N–H and O–H groups in total. The molecule has 7 nitrogen and oxygen atoms in total. The number of aryl methyl sites for hydroxylation is 1.